The molecule has 1 N–H and O–H groups in total. The zero-order valence-corrected chi connectivity index (χ0v) is 7.95. The first kappa shape index (κ1) is 8.48. The molecule has 1 aromatic rings. The summed E-state index contributed by atoms with van der Waals surface area (Å²) in [6.45, 7) is 3.01. The van der Waals surface area contributed by atoms with Gasteiger partial charge in [-0.25, -0.2) is 4.98 Å². The lowest BCUT2D eigenvalue weighted by molar-refractivity contribution is 0.757. The molecular formula is C10H15N3. The molecular weight excluding hydrogens is 162 g/mol. The third-order valence-corrected chi connectivity index (χ3v) is 2.42. The smallest absolute Gasteiger partial charge is 0.147 e. The first-order valence-electron chi connectivity index (χ1n) is 4.88. The number of nitrogens with zero attached hydrogens (tertiary/aromatic N) is 2. The van der Waals surface area contributed by atoms with E-state index < -0.39 is 0 Å². The Balaban J connectivity index is 1.82. The molecule has 0 amide bonds. The second-order valence-corrected chi connectivity index (χ2v) is 3.65. The fourth-order valence-electron chi connectivity index (χ4n) is 1.38. The number of anilines is 1. The summed E-state index contributed by atoms with van der Waals surface area (Å²) in [4.78, 5) is 8.39. The maximum atomic E-state index is 4.22. The van der Waals surface area contributed by atoms with Crippen molar-refractivity contribution in [1.29, 1.82) is 0 Å². The largest absolute Gasteiger partial charge is 0.369 e. The molecule has 3 heteroatoms. The van der Waals surface area contributed by atoms with Crippen LogP contribution in [0.5, 0.6) is 0 Å². The van der Waals surface area contributed by atoms with Crippen LogP contribution in [-0.4, -0.2) is 16.5 Å². The van der Waals surface area contributed by atoms with E-state index in [0.29, 0.717) is 0 Å². The average Bonchev–Trinajstić information content (AvgIpc) is 2.92. The summed E-state index contributed by atoms with van der Waals surface area (Å²) in [6.07, 6.45) is 7.56. The summed E-state index contributed by atoms with van der Waals surface area (Å²) in [5.41, 5.74) is 0.985. The minimum Gasteiger partial charge on any atom is -0.369 e. The lowest BCUT2D eigenvalue weighted by atomic mass is 10.3. The monoisotopic (exact) mass is 177 g/mol. The Morgan fingerprint density at radius 1 is 1.38 bits per heavy atom. The number of hydrogen-bond acceptors (Lipinski definition) is 3. The molecule has 1 aliphatic rings. The van der Waals surface area contributed by atoms with Crippen molar-refractivity contribution in [2.75, 3.05) is 11.9 Å². The molecule has 0 aliphatic heterocycles. The predicted octanol–water partition coefficient (Wildman–Crippen LogP) is 2.00. The van der Waals surface area contributed by atoms with Crippen LogP contribution in [0, 0.1) is 12.8 Å². The van der Waals surface area contributed by atoms with E-state index in [1.165, 1.54) is 19.3 Å². The molecule has 1 fully saturated rings. The highest BCUT2D eigenvalue weighted by Crippen LogP contribution is 2.32. The molecule has 0 saturated heterocycles. The first-order valence-corrected chi connectivity index (χ1v) is 4.88. The van der Waals surface area contributed by atoms with E-state index in [1.807, 2.05) is 6.92 Å². The van der Waals surface area contributed by atoms with Crippen molar-refractivity contribution in [2.45, 2.75) is 26.2 Å². The van der Waals surface area contributed by atoms with Crippen molar-refractivity contribution in [3.8, 4) is 0 Å². The van der Waals surface area contributed by atoms with Gasteiger partial charge in [0.15, 0.2) is 0 Å². The van der Waals surface area contributed by atoms with Crippen LogP contribution < -0.4 is 5.32 Å². The standard InChI is InChI=1S/C10H15N3/c1-8-10(13-7-6-11-8)12-5-4-9-2-3-9/h6-7,9H,2-5H2,1H3,(H,12,13). The molecule has 1 aliphatic carbocycles. The number of aromatic nitrogens is 2. The zero-order valence-electron chi connectivity index (χ0n) is 7.95. The SMILES string of the molecule is Cc1nccnc1NCCC1CC1. The van der Waals surface area contributed by atoms with Crippen molar-refractivity contribution in [1.82, 2.24) is 9.97 Å². The van der Waals surface area contributed by atoms with Gasteiger partial charge in [-0.2, -0.15) is 0 Å². The molecule has 70 valence electrons. The van der Waals surface area contributed by atoms with Crippen LogP contribution in [0.4, 0.5) is 5.82 Å². The van der Waals surface area contributed by atoms with Crippen molar-refractivity contribution in [2.24, 2.45) is 5.92 Å². The van der Waals surface area contributed by atoms with Gasteiger partial charge in [0.05, 0.1) is 5.69 Å². The number of hydrogen-bond donors (Lipinski definition) is 1. The van der Waals surface area contributed by atoms with Crippen LogP contribution in [0.1, 0.15) is 25.0 Å². The molecule has 0 bridgehead atoms. The molecule has 1 saturated carbocycles. The molecule has 3 nitrogen and oxygen atoms in total. The maximum Gasteiger partial charge on any atom is 0.147 e. The molecule has 0 aromatic carbocycles. The van der Waals surface area contributed by atoms with E-state index in [9.17, 15) is 0 Å². The van der Waals surface area contributed by atoms with E-state index in [2.05, 4.69) is 15.3 Å². The second-order valence-electron chi connectivity index (χ2n) is 3.65. The molecule has 0 atom stereocenters. The summed E-state index contributed by atoms with van der Waals surface area (Å²) < 4.78 is 0. The highest BCUT2D eigenvalue weighted by Gasteiger charge is 2.20. The van der Waals surface area contributed by atoms with Crippen LogP contribution in [0.3, 0.4) is 0 Å². The summed E-state index contributed by atoms with van der Waals surface area (Å²) >= 11 is 0. The van der Waals surface area contributed by atoms with E-state index in [4.69, 9.17) is 0 Å². The summed E-state index contributed by atoms with van der Waals surface area (Å²) in [5.74, 6) is 1.91. The lowest BCUT2D eigenvalue weighted by Crippen LogP contribution is -2.06. The van der Waals surface area contributed by atoms with Gasteiger partial charge in [0.1, 0.15) is 5.82 Å². The number of nitrogens with one attached hydrogen (secondary N) is 1. The van der Waals surface area contributed by atoms with Gasteiger partial charge in [-0.3, -0.25) is 4.98 Å². The predicted molar refractivity (Wildman–Crippen MR) is 52.6 cm³/mol. The molecule has 0 radical (unpaired) electrons. The number of rotatable bonds is 4. The Morgan fingerprint density at radius 3 is 2.85 bits per heavy atom. The summed E-state index contributed by atoms with van der Waals surface area (Å²) in [7, 11) is 0. The molecule has 0 unspecified atom stereocenters. The van der Waals surface area contributed by atoms with Crippen molar-refractivity contribution in [3.05, 3.63) is 18.1 Å². The highest BCUT2D eigenvalue weighted by molar-refractivity contribution is 5.37. The third-order valence-electron chi connectivity index (χ3n) is 2.42. The minimum absolute atomic E-state index is 0.933. The van der Waals surface area contributed by atoms with E-state index in [1.54, 1.807) is 12.4 Å². The van der Waals surface area contributed by atoms with E-state index in [-0.39, 0.29) is 0 Å². The Kier molecular flexibility index (Phi) is 2.43. The lowest BCUT2D eigenvalue weighted by Gasteiger charge is -2.05. The minimum atomic E-state index is 0.933. The fraction of sp³-hybridized carbons (Fsp3) is 0.600. The zero-order chi connectivity index (χ0) is 9.10. The third kappa shape index (κ3) is 2.41. The van der Waals surface area contributed by atoms with Crippen LogP contribution in [0.2, 0.25) is 0 Å². The van der Waals surface area contributed by atoms with Crippen LogP contribution in [0.25, 0.3) is 0 Å². The second kappa shape index (κ2) is 3.73. The topological polar surface area (TPSA) is 37.8 Å². The van der Waals surface area contributed by atoms with Gasteiger partial charge in [0, 0.05) is 18.9 Å². The molecule has 13 heavy (non-hydrogen) atoms. The van der Waals surface area contributed by atoms with Crippen LogP contribution >= 0.6 is 0 Å². The van der Waals surface area contributed by atoms with Gasteiger partial charge in [-0.15, -0.1) is 0 Å². The first-order chi connectivity index (χ1) is 6.36. The van der Waals surface area contributed by atoms with Crippen molar-refractivity contribution < 1.29 is 0 Å². The Labute approximate surface area is 78.6 Å². The van der Waals surface area contributed by atoms with E-state index >= 15 is 0 Å². The average molecular weight is 177 g/mol. The van der Waals surface area contributed by atoms with Gasteiger partial charge in [0.25, 0.3) is 0 Å². The normalized spacial score (nSPS) is 15.8. The van der Waals surface area contributed by atoms with Gasteiger partial charge in [-0.1, -0.05) is 12.8 Å². The Hall–Kier alpha value is -1.12. The van der Waals surface area contributed by atoms with Gasteiger partial charge in [0.2, 0.25) is 0 Å². The number of aryl methyl sites for hydroxylation is 1. The summed E-state index contributed by atoms with van der Waals surface area (Å²) in [5, 5.41) is 3.31. The Bertz CT molecular complexity index is 281. The Morgan fingerprint density at radius 2 is 2.15 bits per heavy atom. The highest BCUT2D eigenvalue weighted by atomic mass is 15.0. The van der Waals surface area contributed by atoms with Gasteiger partial charge < -0.3 is 5.32 Å². The maximum absolute atomic E-state index is 4.22. The van der Waals surface area contributed by atoms with E-state index in [0.717, 1.165) is 24.0 Å². The van der Waals surface area contributed by atoms with Gasteiger partial charge in [-0.05, 0) is 19.3 Å². The molecule has 0 spiro atoms. The van der Waals surface area contributed by atoms with Crippen molar-refractivity contribution in [3.63, 3.8) is 0 Å². The van der Waals surface area contributed by atoms with Crippen LogP contribution in [0.15, 0.2) is 12.4 Å². The summed E-state index contributed by atoms with van der Waals surface area (Å²) in [6, 6.07) is 0. The molecule has 1 heterocycles. The molecule has 2 rings (SSSR count). The quantitative estimate of drug-likeness (QED) is 0.764. The van der Waals surface area contributed by atoms with Crippen LogP contribution in [-0.2, 0) is 0 Å². The molecule has 1 aromatic heterocycles. The van der Waals surface area contributed by atoms with Crippen molar-refractivity contribution >= 4 is 5.82 Å². The fourth-order valence-corrected chi connectivity index (χ4v) is 1.38. The van der Waals surface area contributed by atoms with Gasteiger partial charge >= 0.3 is 0 Å².